The first-order valence-corrected chi connectivity index (χ1v) is 5.00. The Bertz CT molecular complexity index is 318. The third-order valence-corrected chi connectivity index (χ3v) is 3.02. The van der Waals surface area contributed by atoms with E-state index >= 15 is 0 Å². The molecule has 1 atom stereocenters. The zero-order valence-corrected chi connectivity index (χ0v) is 8.38. The fraction of sp³-hybridized carbons (Fsp3) is 0.455. The van der Waals surface area contributed by atoms with E-state index in [1.807, 2.05) is 25.1 Å². The van der Waals surface area contributed by atoms with Crippen molar-refractivity contribution < 1.29 is 5.11 Å². The Labute approximate surface area is 83.3 Å². The molecule has 0 heterocycles. The van der Waals surface area contributed by atoms with E-state index in [1.165, 1.54) is 0 Å². The number of hydrogen-bond donors (Lipinski definition) is 1. The average Bonchev–Trinajstić information content (AvgIpc) is 2.91. The largest absolute Gasteiger partial charge is 0.388 e. The molecular weight excluding hydrogens is 184 g/mol. The second-order valence-corrected chi connectivity index (χ2v) is 4.20. The highest BCUT2D eigenvalue weighted by molar-refractivity contribution is 6.31. The maximum atomic E-state index is 9.83. The van der Waals surface area contributed by atoms with Gasteiger partial charge in [-0.3, -0.25) is 0 Å². The molecule has 1 aliphatic rings. The topological polar surface area (TPSA) is 20.2 Å². The lowest BCUT2D eigenvalue weighted by atomic mass is 10.0. The number of halogens is 1. The summed E-state index contributed by atoms with van der Waals surface area (Å²) >= 11 is 5.90. The molecule has 1 nitrogen and oxygen atoms in total. The SMILES string of the molecule is Cc1cc(C(O)C2CC2)ccc1Cl. The van der Waals surface area contributed by atoms with Gasteiger partial charge in [0.2, 0.25) is 0 Å². The summed E-state index contributed by atoms with van der Waals surface area (Å²) in [4.78, 5) is 0. The molecule has 1 N–H and O–H groups in total. The average molecular weight is 197 g/mol. The van der Waals surface area contributed by atoms with E-state index in [2.05, 4.69) is 0 Å². The molecule has 0 bridgehead atoms. The first-order valence-electron chi connectivity index (χ1n) is 4.62. The van der Waals surface area contributed by atoms with E-state index in [4.69, 9.17) is 11.6 Å². The molecule has 0 aromatic heterocycles. The monoisotopic (exact) mass is 196 g/mol. The quantitative estimate of drug-likeness (QED) is 0.771. The Morgan fingerprint density at radius 2 is 2.15 bits per heavy atom. The lowest BCUT2D eigenvalue weighted by molar-refractivity contribution is 0.154. The summed E-state index contributed by atoms with van der Waals surface area (Å²) in [7, 11) is 0. The summed E-state index contributed by atoms with van der Waals surface area (Å²) in [5, 5.41) is 10.6. The van der Waals surface area contributed by atoms with Crippen LogP contribution in [0.15, 0.2) is 18.2 Å². The van der Waals surface area contributed by atoms with Gasteiger partial charge in [0.15, 0.2) is 0 Å². The number of rotatable bonds is 2. The standard InChI is InChI=1S/C11H13ClO/c1-7-6-9(4-5-10(7)12)11(13)8-2-3-8/h4-6,8,11,13H,2-3H2,1H3. The van der Waals surface area contributed by atoms with Gasteiger partial charge in [0.1, 0.15) is 0 Å². The van der Waals surface area contributed by atoms with Crippen LogP contribution in [0.5, 0.6) is 0 Å². The smallest absolute Gasteiger partial charge is 0.0818 e. The van der Waals surface area contributed by atoms with Crippen molar-refractivity contribution in [1.82, 2.24) is 0 Å². The van der Waals surface area contributed by atoms with E-state index < -0.39 is 0 Å². The van der Waals surface area contributed by atoms with Crippen molar-refractivity contribution in [2.75, 3.05) is 0 Å². The second-order valence-electron chi connectivity index (χ2n) is 3.79. The molecule has 0 saturated heterocycles. The lowest BCUT2D eigenvalue weighted by Crippen LogP contribution is -1.99. The molecule has 2 rings (SSSR count). The fourth-order valence-electron chi connectivity index (χ4n) is 1.54. The molecule has 0 radical (unpaired) electrons. The van der Waals surface area contributed by atoms with Crippen molar-refractivity contribution in [2.45, 2.75) is 25.9 Å². The van der Waals surface area contributed by atoms with E-state index in [0.717, 1.165) is 29.0 Å². The van der Waals surface area contributed by atoms with Crippen molar-refractivity contribution in [3.63, 3.8) is 0 Å². The van der Waals surface area contributed by atoms with Crippen LogP contribution >= 0.6 is 11.6 Å². The third kappa shape index (κ3) is 1.87. The van der Waals surface area contributed by atoms with Crippen molar-refractivity contribution in [2.24, 2.45) is 5.92 Å². The Morgan fingerprint density at radius 3 is 2.69 bits per heavy atom. The predicted molar refractivity (Wildman–Crippen MR) is 53.9 cm³/mol. The number of aryl methyl sites for hydroxylation is 1. The van der Waals surface area contributed by atoms with Gasteiger partial charge < -0.3 is 5.11 Å². The molecule has 70 valence electrons. The van der Waals surface area contributed by atoms with Gasteiger partial charge in [-0.2, -0.15) is 0 Å². The molecule has 13 heavy (non-hydrogen) atoms. The maximum absolute atomic E-state index is 9.83. The summed E-state index contributed by atoms with van der Waals surface area (Å²) in [6, 6.07) is 5.75. The summed E-state index contributed by atoms with van der Waals surface area (Å²) in [5.74, 6) is 0.487. The van der Waals surface area contributed by atoms with Crippen LogP contribution in [0.2, 0.25) is 5.02 Å². The van der Waals surface area contributed by atoms with Crippen molar-refractivity contribution in [3.8, 4) is 0 Å². The molecule has 1 unspecified atom stereocenters. The highest BCUT2D eigenvalue weighted by Crippen LogP contribution is 2.41. The molecule has 1 aliphatic carbocycles. The lowest BCUT2D eigenvalue weighted by Gasteiger charge is -2.10. The van der Waals surface area contributed by atoms with Gasteiger partial charge in [0.05, 0.1) is 6.10 Å². The van der Waals surface area contributed by atoms with Gasteiger partial charge in [0.25, 0.3) is 0 Å². The summed E-state index contributed by atoms with van der Waals surface area (Å²) in [6.07, 6.45) is 2.03. The van der Waals surface area contributed by atoms with Gasteiger partial charge in [-0.1, -0.05) is 23.7 Å². The van der Waals surface area contributed by atoms with E-state index in [0.29, 0.717) is 5.92 Å². The number of aliphatic hydroxyl groups is 1. The Morgan fingerprint density at radius 1 is 1.46 bits per heavy atom. The van der Waals surface area contributed by atoms with Gasteiger partial charge in [-0.15, -0.1) is 0 Å². The first kappa shape index (κ1) is 9.04. The van der Waals surface area contributed by atoms with Crippen LogP contribution in [-0.4, -0.2) is 5.11 Å². The predicted octanol–water partition coefficient (Wildman–Crippen LogP) is 3.09. The van der Waals surface area contributed by atoms with Crippen LogP contribution < -0.4 is 0 Å². The highest BCUT2D eigenvalue weighted by atomic mass is 35.5. The van der Waals surface area contributed by atoms with Crippen molar-refractivity contribution >= 4 is 11.6 Å². The van der Waals surface area contributed by atoms with E-state index in [-0.39, 0.29) is 6.10 Å². The van der Waals surface area contributed by atoms with Crippen molar-refractivity contribution in [1.29, 1.82) is 0 Å². The minimum Gasteiger partial charge on any atom is -0.388 e. The fourth-order valence-corrected chi connectivity index (χ4v) is 1.65. The third-order valence-electron chi connectivity index (χ3n) is 2.59. The Kier molecular flexibility index (Phi) is 2.31. The van der Waals surface area contributed by atoms with Crippen LogP contribution in [0.4, 0.5) is 0 Å². The Balaban J connectivity index is 2.24. The molecule has 1 saturated carbocycles. The van der Waals surface area contributed by atoms with Gasteiger partial charge >= 0.3 is 0 Å². The summed E-state index contributed by atoms with van der Waals surface area (Å²) < 4.78 is 0. The number of aliphatic hydroxyl groups excluding tert-OH is 1. The Hall–Kier alpha value is -0.530. The second kappa shape index (κ2) is 3.32. The molecule has 0 amide bonds. The van der Waals surface area contributed by atoms with Crippen LogP contribution in [0.25, 0.3) is 0 Å². The van der Waals surface area contributed by atoms with Gasteiger partial charge in [-0.05, 0) is 42.9 Å². The van der Waals surface area contributed by atoms with Crippen LogP contribution in [0.3, 0.4) is 0 Å². The molecule has 1 aromatic carbocycles. The summed E-state index contributed by atoms with van der Waals surface area (Å²) in [6.45, 7) is 1.96. The van der Waals surface area contributed by atoms with Gasteiger partial charge in [0, 0.05) is 5.02 Å². The minimum absolute atomic E-state index is 0.282. The maximum Gasteiger partial charge on any atom is 0.0818 e. The molecule has 2 heteroatoms. The molecular formula is C11H13ClO. The van der Waals surface area contributed by atoms with Gasteiger partial charge in [-0.25, -0.2) is 0 Å². The molecule has 1 fully saturated rings. The molecule has 0 aliphatic heterocycles. The zero-order valence-electron chi connectivity index (χ0n) is 7.63. The molecule has 1 aromatic rings. The first-order chi connectivity index (χ1) is 6.18. The normalized spacial score (nSPS) is 18.7. The van der Waals surface area contributed by atoms with E-state index in [9.17, 15) is 5.11 Å². The molecule has 0 spiro atoms. The van der Waals surface area contributed by atoms with Crippen LogP contribution in [-0.2, 0) is 0 Å². The minimum atomic E-state index is -0.282. The zero-order chi connectivity index (χ0) is 9.42. The number of hydrogen-bond acceptors (Lipinski definition) is 1. The van der Waals surface area contributed by atoms with E-state index in [1.54, 1.807) is 0 Å². The van der Waals surface area contributed by atoms with Crippen molar-refractivity contribution in [3.05, 3.63) is 34.3 Å². The summed E-state index contributed by atoms with van der Waals surface area (Å²) in [5.41, 5.74) is 2.04. The highest BCUT2D eigenvalue weighted by Gasteiger charge is 2.30. The van der Waals surface area contributed by atoms with Crippen LogP contribution in [0.1, 0.15) is 30.1 Å². The van der Waals surface area contributed by atoms with Crippen LogP contribution in [0, 0.1) is 12.8 Å². The number of benzene rings is 1.